The lowest BCUT2D eigenvalue weighted by molar-refractivity contribution is 0.106. The van der Waals surface area contributed by atoms with E-state index in [4.69, 9.17) is 16.9 Å². The third-order valence-corrected chi connectivity index (χ3v) is 3.92. The predicted octanol–water partition coefficient (Wildman–Crippen LogP) is 4.59. The molecule has 0 saturated carbocycles. The average molecular weight is 377 g/mol. The van der Waals surface area contributed by atoms with Crippen LogP contribution in [0.3, 0.4) is 0 Å². The Morgan fingerprint density at radius 1 is 1.27 bits per heavy atom. The zero-order chi connectivity index (χ0) is 16.1. The van der Waals surface area contributed by atoms with Gasteiger partial charge in [0.25, 0.3) is 0 Å². The molecule has 2 aromatic rings. The first kappa shape index (κ1) is 16.2. The fraction of sp³-hybridized carbons (Fsp3) is 0.0625. The Morgan fingerprint density at radius 3 is 2.59 bits per heavy atom. The van der Waals surface area contributed by atoms with Gasteiger partial charge in [-0.25, -0.2) is 0 Å². The van der Waals surface area contributed by atoms with Crippen molar-refractivity contribution in [2.24, 2.45) is 5.10 Å². The molecule has 4 nitrogen and oxygen atoms in total. The number of carbonyl (C=O) groups excluding carboxylic acids is 1. The Bertz CT molecular complexity index is 779. The van der Waals surface area contributed by atoms with Crippen molar-refractivity contribution in [1.82, 2.24) is 0 Å². The highest BCUT2D eigenvalue weighted by atomic mass is 79.9. The van der Waals surface area contributed by atoms with Crippen LogP contribution in [-0.2, 0) is 0 Å². The molecule has 0 atom stereocenters. The van der Waals surface area contributed by atoms with Crippen molar-refractivity contribution in [3.63, 3.8) is 0 Å². The first-order valence-corrected chi connectivity index (χ1v) is 7.49. The number of nitriles is 1. The summed E-state index contributed by atoms with van der Waals surface area (Å²) in [6.45, 7) is 1.82. The third kappa shape index (κ3) is 3.73. The van der Waals surface area contributed by atoms with Gasteiger partial charge in [0.05, 0.1) is 5.69 Å². The molecule has 0 bridgehead atoms. The molecule has 0 aliphatic rings. The number of Topliss-reactive ketones (excluding diaryl/α,β-unsaturated/α-hetero) is 1. The second kappa shape index (κ2) is 7.21. The average Bonchev–Trinajstić information content (AvgIpc) is 2.52. The standard InChI is InChI=1S/C16H11BrClN3O/c1-10-13(18)3-2-4-14(10)20-21-15(9-19)16(22)11-5-7-12(17)8-6-11/h2-8,20H,1H3. The first-order valence-electron chi connectivity index (χ1n) is 6.32. The van der Waals surface area contributed by atoms with Crippen LogP contribution in [-0.4, -0.2) is 11.5 Å². The second-order valence-electron chi connectivity index (χ2n) is 4.43. The topological polar surface area (TPSA) is 65.2 Å². The number of ketones is 1. The van der Waals surface area contributed by atoms with Gasteiger partial charge in [-0.1, -0.05) is 33.6 Å². The van der Waals surface area contributed by atoms with Crippen molar-refractivity contribution in [2.45, 2.75) is 6.92 Å². The summed E-state index contributed by atoms with van der Waals surface area (Å²) in [5.41, 5.74) is 4.33. The van der Waals surface area contributed by atoms with Gasteiger partial charge in [0.15, 0.2) is 0 Å². The lowest BCUT2D eigenvalue weighted by Gasteiger charge is -2.06. The molecular formula is C16H11BrClN3O. The largest absolute Gasteiger partial charge is 0.286 e. The fourth-order valence-corrected chi connectivity index (χ4v) is 2.15. The van der Waals surface area contributed by atoms with Crippen molar-refractivity contribution in [3.8, 4) is 6.07 Å². The van der Waals surface area contributed by atoms with Crippen molar-refractivity contribution < 1.29 is 4.79 Å². The molecule has 22 heavy (non-hydrogen) atoms. The minimum absolute atomic E-state index is 0.221. The normalized spacial score (nSPS) is 10.9. The number of nitrogens with zero attached hydrogens (tertiary/aromatic N) is 2. The van der Waals surface area contributed by atoms with Crippen molar-refractivity contribution >= 4 is 44.7 Å². The summed E-state index contributed by atoms with van der Waals surface area (Å²) in [6.07, 6.45) is 0. The van der Waals surface area contributed by atoms with Crippen LogP contribution in [0.5, 0.6) is 0 Å². The van der Waals surface area contributed by atoms with Crippen LogP contribution in [0.15, 0.2) is 52.0 Å². The van der Waals surface area contributed by atoms with E-state index in [-0.39, 0.29) is 5.71 Å². The lowest BCUT2D eigenvalue weighted by Crippen LogP contribution is -2.14. The minimum atomic E-state index is -0.442. The number of benzene rings is 2. The monoisotopic (exact) mass is 375 g/mol. The summed E-state index contributed by atoms with van der Waals surface area (Å²) in [6, 6.07) is 13.8. The van der Waals surface area contributed by atoms with Crippen LogP contribution in [0.1, 0.15) is 15.9 Å². The van der Waals surface area contributed by atoms with Gasteiger partial charge in [-0.05, 0) is 48.9 Å². The third-order valence-electron chi connectivity index (χ3n) is 2.98. The molecule has 1 N–H and O–H groups in total. The molecule has 0 unspecified atom stereocenters. The zero-order valence-corrected chi connectivity index (χ0v) is 13.9. The highest BCUT2D eigenvalue weighted by molar-refractivity contribution is 9.10. The van der Waals surface area contributed by atoms with Gasteiger partial charge in [-0.3, -0.25) is 10.2 Å². The molecule has 0 amide bonds. The number of rotatable bonds is 4. The molecule has 0 fully saturated rings. The lowest BCUT2D eigenvalue weighted by atomic mass is 10.1. The van der Waals surface area contributed by atoms with Gasteiger partial charge in [0.2, 0.25) is 11.5 Å². The molecule has 0 saturated heterocycles. The van der Waals surface area contributed by atoms with Crippen LogP contribution in [0, 0.1) is 18.3 Å². The molecule has 2 rings (SSSR count). The Kier molecular flexibility index (Phi) is 5.31. The Balaban J connectivity index is 2.24. The van der Waals surface area contributed by atoms with Crippen LogP contribution in [0.25, 0.3) is 0 Å². The predicted molar refractivity (Wildman–Crippen MR) is 91.3 cm³/mol. The van der Waals surface area contributed by atoms with E-state index in [2.05, 4.69) is 26.5 Å². The maximum Gasteiger partial charge on any atom is 0.223 e. The molecule has 0 aliphatic heterocycles. The van der Waals surface area contributed by atoms with Gasteiger partial charge in [0, 0.05) is 15.1 Å². The number of nitrogens with one attached hydrogen (secondary N) is 1. The van der Waals surface area contributed by atoms with E-state index in [1.165, 1.54) is 0 Å². The number of carbonyl (C=O) groups is 1. The van der Waals surface area contributed by atoms with Gasteiger partial charge in [0.1, 0.15) is 6.07 Å². The van der Waals surface area contributed by atoms with Gasteiger partial charge in [-0.15, -0.1) is 0 Å². The summed E-state index contributed by atoms with van der Waals surface area (Å²) in [5, 5.41) is 13.6. The molecular weight excluding hydrogens is 366 g/mol. The molecule has 0 aromatic heterocycles. The second-order valence-corrected chi connectivity index (χ2v) is 5.76. The van der Waals surface area contributed by atoms with Crippen molar-refractivity contribution in [1.29, 1.82) is 5.26 Å². The molecule has 110 valence electrons. The molecule has 6 heteroatoms. The van der Waals surface area contributed by atoms with E-state index in [0.717, 1.165) is 10.0 Å². The summed E-state index contributed by atoms with van der Waals surface area (Å²) in [5.74, 6) is -0.442. The highest BCUT2D eigenvalue weighted by Gasteiger charge is 2.14. The summed E-state index contributed by atoms with van der Waals surface area (Å²) < 4.78 is 0.854. The first-order chi connectivity index (χ1) is 10.5. The number of hydrazone groups is 1. The van der Waals surface area contributed by atoms with E-state index in [1.54, 1.807) is 42.5 Å². The minimum Gasteiger partial charge on any atom is -0.286 e. The number of hydrogen-bond acceptors (Lipinski definition) is 4. The number of anilines is 1. The van der Waals surface area contributed by atoms with Crippen LogP contribution < -0.4 is 5.43 Å². The van der Waals surface area contributed by atoms with Crippen molar-refractivity contribution in [2.75, 3.05) is 5.43 Å². The van der Waals surface area contributed by atoms with Crippen LogP contribution >= 0.6 is 27.5 Å². The summed E-state index contributed by atoms with van der Waals surface area (Å²) >= 11 is 9.30. The van der Waals surface area contributed by atoms with E-state index in [9.17, 15) is 4.79 Å². The zero-order valence-electron chi connectivity index (χ0n) is 11.6. The van der Waals surface area contributed by atoms with Crippen LogP contribution in [0.4, 0.5) is 5.69 Å². The van der Waals surface area contributed by atoms with Gasteiger partial charge >= 0.3 is 0 Å². The van der Waals surface area contributed by atoms with E-state index in [1.807, 2.05) is 13.0 Å². The quantitative estimate of drug-likeness (QED) is 0.482. The maximum atomic E-state index is 12.2. The molecule has 0 aliphatic carbocycles. The Morgan fingerprint density at radius 2 is 1.95 bits per heavy atom. The molecule has 0 spiro atoms. The fourth-order valence-electron chi connectivity index (χ4n) is 1.71. The summed E-state index contributed by atoms with van der Waals surface area (Å²) in [4.78, 5) is 12.2. The smallest absolute Gasteiger partial charge is 0.223 e. The van der Waals surface area contributed by atoms with E-state index in [0.29, 0.717) is 16.3 Å². The van der Waals surface area contributed by atoms with Crippen LogP contribution in [0.2, 0.25) is 5.02 Å². The molecule has 2 aromatic carbocycles. The maximum absolute atomic E-state index is 12.2. The SMILES string of the molecule is Cc1c(Cl)cccc1NN=C(C#N)C(=O)c1ccc(Br)cc1. The molecule has 0 radical (unpaired) electrons. The number of hydrogen-bond donors (Lipinski definition) is 1. The Labute approximate surface area is 141 Å². The van der Waals surface area contributed by atoms with E-state index >= 15 is 0 Å². The highest BCUT2D eigenvalue weighted by Crippen LogP contribution is 2.22. The van der Waals surface area contributed by atoms with Gasteiger partial charge in [-0.2, -0.15) is 10.4 Å². The Hall–Kier alpha value is -2.16. The number of halogens is 2. The van der Waals surface area contributed by atoms with E-state index < -0.39 is 5.78 Å². The molecule has 0 heterocycles. The van der Waals surface area contributed by atoms with Gasteiger partial charge < -0.3 is 0 Å². The van der Waals surface area contributed by atoms with Crippen molar-refractivity contribution in [3.05, 3.63) is 63.1 Å². The summed E-state index contributed by atoms with van der Waals surface area (Å²) in [7, 11) is 0.